The summed E-state index contributed by atoms with van der Waals surface area (Å²) < 4.78 is 0. The Kier molecular flexibility index (Phi) is 11.2. The first-order chi connectivity index (χ1) is 12.8. The minimum Gasteiger partial charge on any atom is -0.0654 e. The fraction of sp³-hybridized carbons (Fsp3) is 0.500. The summed E-state index contributed by atoms with van der Waals surface area (Å²) in [6, 6.07) is 18.8. The molecule has 2 unspecified atom stereocenters. The van der Waals surface area contributed by atoms with Gasteiger partial charge in [-0.2, -0.15) is 0 Å². The number of aryl methyl sites for hydroxylation is 2. The molecule has 0 heterocycles. The molecule has 2 atom stereocenters. The van der Waals surface area contributed by atoms with Crippen molar-refractivity contribution in [3.05, 3.63) is 59.7 Å². The number of benzene rings is 2. The molecule has 26 heavy (non-hydrogen) atoms. The Balaban J connectivity index is 1.70. The van der Waals surface area contributed by atoms with Crippen LogP contribution in [0.15, 0.2) is 48.5 Å². The first-order valence-electron chi connectivity index (χ1n) is 10.5. The standard InChI is InChI=1S/C24H36P2/c1-3-5-7-9-11-21-13-17-23(18-14-21)25-26-24-19-15-22(16-20-24)12-10-8-6-4-2/h13-20,25-26H,3-12H2,1-2H3. The SMILES string of the molecule is CCCCCCc1ccc(PPc2ccc(CCCCCC)cc2)cc1. The lowest BCUT2D eigenvalue weighted by atomic mass is 10.1. The van der Waals surface area contributed by atoms with E-state index in [-0.39, 0.29) is 0 Å². The Morgan fingerprint density at radius 2 is 0.885 bits per heavy atom. The molecule has 0 aliphatic heterocycles. The highest BCUT2D eigenvalue weighted by atomic mass is 32.0. The normalized spacial score (nSPS) is 11.9. The van der Waals surface area contributed by atoms with Crippen molar-refractivity contribution in [3.8, 4) is 0 Å². The van der Waals surface area contributed by atoms with Crippen LogP contribution in [-0.2, 0) is 12.8 Å². The Morgan fingerprint density at radius 3 is 1.23 bits per heavy atom. The smallest absolute Gasteiger partial charge is 0.0227 e. The predicted molar refractivity (Wildman–Crippen MR) is 124 cm³/mol. The van der Waals surface area contributed by atoms with Gasteiger partial charge in [-0.3, -0.25) is 0 Å². The van der Waals surface area contributed by atoms with Crippen molar-refractivity contribution in [1.29, 1.82) is 0 Å². The largest absolute Gasteiger partial charge is 0.0654 e. The van der Waals surface area contributed by atoms with Crippen LogP contribution >= 0.6 is 16.5 Å². The van der Waals surface area contributed by atoms with E-state index in [4.69, 9.17) is 0 Å². The van der Waals surface area contributed by atoms with Crippen molar-refractivity contribution >= 4 is 27.1 Å². The van der Waals surface area contributed by atoms with Gasteiger partial charge in [0.25, 0.3) is 0 Å². The van der Waals surface area contributed by atoms with Crippen LogP contribution in [0.2, 0.25) is 0 Å². The second-order valence-electron chi connectivity index (χ2n) is 7.27. The van der Waals surface area contributed by atoms with Gasteiger partial charge in [0.05, 0.1) is 0 Å². The quantitative estimate of drug-likeness (QED) is 0.253. The second-order valence-corrected chi connectivity index (χ2v) is 10.4. The first kappa shape index (κ1) is 21.6. The van der Waals surface area contributed by atoms with Gasteiger partial charge in [0.15, 0.2) is 0 Å². The number of rotatable bonds is 13. The predicted octanol–water partition coefficient (Wildman–Crippen LogP) is 7.16. The van der Waals surface area contributed by atoms with Crippen LogP contribution in [0.25, 0.3) is 0 Å². The Morgan fingerprint density at radius 1 is 0.500 bits per heavy atom. The molecule has 0 spiro atoms. The van der Waals surface area contributed by atoms with Crippen molar-refractivity contribution in [3.63, 3.8) is 0 Å². The van der Waals surface area contributed by atoms with Crippen LogP contribution in [0.1, 0.15) is 76.3 Å². The molecule has 0 saturated carbocycles. The van der Waals surface area contributed by atoms with E-state index in [0.717, 1.165) is 16.5 Å². The van der Waals surface area contributed by atoms with E-state index in [1.54, 1.807) is 0 Å². The lowest BCUT2D eigenvalue weighted by Gasteiger charge is -2.07. The van der Waals surface area contributed by atoms with Crippen molar-refractivity contribution in [1.82, 2.24) is 0 Å². The Bertz CT molecular complexity index is 531. The molecule has 2 rings (SSSR count). The highest BCUT2D eigenvalue weighted by molar-refractivity contribution is 8.18. The molecule has 0 N–H and O–H groups in total. The third-order valence-corrected chi connectivity index (χ3v) is 8.37. The molecule has 0 fully saturated rings. The van der Waals surface area contributed by atoms with Gasteiger partial charge in [0.2, 0.25) is 0 Å². The molecule has 0 bridgehead atoms. The maximum Gasteiger partial charge on any atom is -0.0227 e. The second kappa shape index (κ2) is 13.5. The summed E-state index contributed by atoms with van der Waals surface area (Å²) in [5, 5.41) is 3.01. The fourth-order valence-electron chi connectivity index (χ4n) is 3.17. The summed E-state index contributed by atoms with van der Waals surface area (Å²) >= 11 is 0. The van der Waals surface area contributed by atoms with Gasteiger partial charge in [-0.15, -0.1) is 0 Å². The van der Waals surface area contributed by atoms with Crippen LogP contribution in [0.5, 0.6) is 0 Å². The Hall–Kier alpha value is -0.700. The van der Waals surface area contributed by atoms with Gasteiger partial charge in [-0.25, -0.2) is 0 Å². The lowest BCUT2D eigenvalue weighted by Crippen LogP contribution is -1.97. The topological polar surface area (TPSA) is 0 Å². The van der Waals surface area contributed by atoms with E-state index >= 15 is 0 Å². The zero-order valence-electron chi connectivity index (χ0n) is 16.7. The average molecular weight is 387 g/mol. The zero-order chi connectivity index (χ0) is 18.5. The van der Waals surface area contributed by atoms with Gasteiger partial charge < -0.3 is 0 Å². The van der Waals surface area contributed by atoms with Crippen molar-refractivity contribution in [2.24, 2.45) is 0 Å². The molecule has 2 heteroatoms. The maximum atomic E-state index is 2.35. The molecule has 0 aliphatic rings. The van der Waals surface area contributed by atoms with Gasteiger partial charge in [0, 0.05) is 0 Å². The monoisotopic (exact) mass is 386 g/mol. The lowest BCUT2D eigenvalue weighted by molar-refractivity contribution is 0.667. The fourth-order valence-corrected chi connectivity index (χ4v) is 5.99. The number of hydrogen-bond acceptors (Lipinski definition) is 0. The van der Waals surface area contributed by atoms with E-state index in [0.29, 0.717) is 0 Å². The summed E-state index contributed by atoms with van der Waals surface area (Å²) in [5.41, 5.74) is 3.01. The summed E-state index contributed by atoms with van der Waals surface area (Å²) in [6.45, 7) is 4.55. The number of unbranched alkanes of at least 4 members (excludes halogenated alkanes) is 6. The molecule has 0 amide bonds. The van der Waals surface area contributed by atoms with Gasteiger partial charge in [0.1, 0.15) is 0 Å². The average Bonchev–Trinajstić information content (AvgIpc) is 2.69. The maximum absolute atomic E-state index is 2.35. The highest BCUT2D eigenvalue weighted by Gasteiger charge is 1.99. The van der Waals surface area contributed by atoms with Crippen molar-refractivity contribution in [2.75, 3.05) is 0 Å². The van der Waals surface area contributed by atoms with Gasteiger partial charge >= 0.3 is 0 Å². The molecule has 0 nitrogen and oxygen atoms in total. The highest BCUT2D eigenvalue weighted by Crippen LogP contribution is 2.35. The number of hydrogen-bond donors (Lipinski definition) is 0. The third kappa shape index (κ3) is 8.79. The van der Waals surface area contributed by atoms with Crippen LogP contribution in [0.3, 0.4) is 0 Å². The summed E-state index contributed by atoms with van der Waals surface area (Å²) in [4.78, 5) is 0. The van der Waals surface area contributed by atoms with E-state index in [2.05, 4.69) is 62.4 Å². The molecule has 0 aromatic heterocycles. The van der Waals surface area contributed by atoms with Crippen LogP contribution in [-0.4, -0.2) is 0 Å². The molecule has 2 aromatic rings. The summed E-state index contributed by atoms with van der Waals surface area (Å²) in [6.07, 6.45) is 13.3. The van der Waals surface area contributed by atoms with Gasteiger partial charge in [-0.05, 0) is 47.4 Å². The molecule has 142 valence electrons. The Labute approximate surface area is 165 Å². The first-order valence-corrected chi connectivity index (χ1v) is 13.5. The van der Waals surface area contributed by atoms with E-state index in [9.17, 15) is 0 Å². The van der Waals surface area contributed by atoms with E-state index in [1.807, 2.05) is 0 Å². The van der Waals surface area contributed by atoms with E-state index < -0.39 is 0 Å². The van der Waals surface area contributed by atoms with Crippen molar-refractivity contribution < 1.29 is 0 Å². The molecule has 0 aliphatic carbocycles. The molecule has 0 saturated heterocycles. The minimum absolute atomic E-state index is 0.906. The van der Waals surface area contributed by atoms with Crippen LogP contribution < -0.4 is 10.6 Å². The zero-order valence-corrected chi connectivity index (χ0v) is 18.7. The van der Waals surface area contributed by atoms with E-state index in [1.165, 1.54) is 85.9 Å². The van der Waals surface area contributed by atoms with Crippen molar-refractivity contribution in [2.45, 2.75) is 78.1 Å². The third-order valence-electron chi connectivity index (χ3n) is 4.90. The molecular weight excluding hydrogens is 350 g/mol. The summed E-state index contributed by atoms with van der Waals surface area (Å²) in [5.74, 6) is 0. The van der Waals surface area contributed by atoms with Crippen LogP contribution in [0, 0.1) is 0 Å². The van der Waals surface area contributed by atoms with Gasteiger partial charge in [-0.1, -0.05) is 117 Å². The summed E-state index contributed by atoms with van der Waals surface area (Å²) in [7, 11) is 1.81. The molecule has 2 aromatic carbocycles. The minimum atomic E-state index is 0.906. The molecular formula is C24H36P2. The molecule has 0 radical (unpaired) electrons. The van der Waals surface area contributed by atoms with Crippen LogP contribution in [0.4, 0.5) is 0 Å².